The van der Waals surface area contributed by atoms with Gasteiger partial charge in [-0.05, 0) is 44.2 Å². The minimum atomic E-state index is -1.19. The average Bonchev–Trinajstić information content (AvgIpc) is 2.96. The summed E-state index contributed by atoms with van der Waals surface area (Å²) in [6.07, 6.45) is 2.64. The maximum absolute atomic E-state index is 12.2. The van der Waals surface area contributed by atoms with Crippen LogP contribution < -0.4 is 15.0 Å². The lowest BCUT2D eigenvalue weighted by molar-refractivity contribution is -0.147. The first-order valence-corrected chi connectivity index (χ1v) is 9.29. The molecule has 3 aliphatic rings. The van der Waals surface area contributed by atoms with Crippen LogP contribution in [0, 0.1) is 6.92 Å². The number of fused-ring (bicyclic) bond motifs is 5. The highest BCUT2D eigenvalue weighted by atomic mass is 16.5. The lowest BCUT2D eigenvalue weighted by atomic mass is 9.85. The van der Waals surface area contributed by atoms with E-state index in [0.717, 1.165) is 16.5 Å². The Morgan fingerprint density at radius 1 is 1.52 bits per heavy atom. The molecule has 5 rings (SSSR count). The summed E-state index contributed by atoms with van der Waals surface area (Å²) < 4.78 is 6.21. The Morgan fingerprint density at radius 2 is 2.33 bits per heavy atom. The van der Waals surface area contributed by atoms with Crippen LogP contribution in [0.2, 0.25) is 0 Å². The molecule has 3 aliphatic heterocycles. The van der Waals surface area contributed by atoms with Crippen molar-refractivity contribution in [1.29, 1.82) is 0 Å². The van der Waals surface area contributed by atoms with E-state index in [0.29, 0.717) is 24.5 Å². The first-order chi connectivity index (χ1) is 13.0. The van der Waals surface area contributed by atoms with Crippen LogP contribution in [0.3, 0.4) is 0 Å². The number of ether oxygens (including phenoxy) is 1. The van der Waals surface area contributed by atoms with E-state index < -0.39 is 17.6 Å². The molecule has 5 unspecified atom stereocenters. The molecule has 27 heavy (non-hydrogen) atoms. The third kappa shape index (κ3) is 2.08. The molecule has 0 amide bonds. The zero-order valence-corrected chi connectivity index (χ0v) is 15.2. The molecule has 142 valence electrons. The summed E-state index contributed by atoms with van der Waals surface area (Å²) in [6, 6.07) is 3.02. The summed E-state index contributed by atoms with van der Waals surface area (Å²) in [5.41, 5.74) is -0.366. The topological polar surface area (TPSA) is 108 Å². The number of rotatable bonds is 2. The van der Waals surface area contributed by atoms with Gasteiger partial charge in [-0.1, -0.05) is 0 Å². The molecule has 2 bridgehead atoms. The lowest BCUT2D eigenvalue weighted by Crippen LogP contribution is -2.75. The van der Waals surface area contributed by atoms with E-state index in [2.05, 4.69) is 10.3 Å². The van der Waals surface area contributed by atoms with Crippen molar-refractivity contribution in [2.24, 2.45) is 0 Å². The number of piperazine rings is 1. The van der Waals surface area contributed by atoms with Crippen molar-refractivity contribution in [3.63, 3.8) is 0 Å². The first-order valence-electron chi connectivity index (χ1n) is 9.29. The fourth-order valence-corrected chi connectivity index (χ4v) is 5.22. The SMILES string of the molecule is Cc1cc2ccnc3c2c(n1)N1C(C2CCC(C(=O)O)(N2)C1CO)C(C)O3. The molecule has 2 aromatic heterocycles. The normalized spacial score (nSPS) is 34.1. The molecule has 2 aromatic rings. The second-order valence-electron chi connectivity index (χ2n) is 7.79. The molecule has 2 fully saturated rings. The van der Waals surface area contributed by atoms with Crippen LogP contribution in [0.4, 0.5) is 5.82 Å². The number of hydrogen-bond donors (Lipinski definition) is 3. The van der Waals surface area contributed by atoms with Crippen molar-refractivity contribution < 1.29 is 19.7 Å². The van der Waals surface area contributed by atoms with Gasteiger partial charge in [0.05, 0.1) is 24.1 Å². The number of nitrogens with zero attached hydrogens (tertiary/aromatic N) is 3. The molecule has 0 spiro atoms. The highest BCUT2D eigenvalue weighted by Gasteiger charge is 2.62. The molecule has 8 heteroatoms. The number of carboxylic acid groups (broad SMARTS) is 1. The quantitative estimate of drug-likeness (QED) is 0.714. The van der Waals surface area contributed by atoms with Gasteiger partial charge in [-0.3, -0.25) is 10.1 Å². The van der Waals surface area contributed by atoms with Crippen molar-refractivity contribution in [2.75, 3.05) is 11.5 Å². The Labute approximate surface area is 156 Å². The predicted molar refractivity (Wildman–Crippen MR) is 98.0 cm³/mol. The van der Waals surface area contributed by atoms with Gasteiger partial charge in [-0.25, -0.2) is 9.97 Å². The predicted octanol–water partition coefficient (Wildman–Crippen LogP) is 0.844. The minimum absolute atomic E-state index is 0.0643. The molecular weight excluding hydrogens is 348 g/mol. The van der Waals surface area contributed by atoms with Gasteiger partial charge < -0.3 is 19.8 Å². The molecule has 0 radical (unpaired) electrons. The fourth-order valence-electron chi connectivity index (χ4n) is 5.22. The summed E-state index contributed by atoms with van der Waals surface area (Å²) >= 11 is 0. The molecule has 0 aliphatic carbocycles. The van der Waals surface area contributed by atoms with Gasteiger partial charge in [-0.2, -0.15) is 0 Å². The Balaban J connectivity index is 1.82. The van der Waals surface area contributed by atoms with E-state index in [1.165, 1.54) is 0 Å². The number of aryl methyl sites for hydroxylation is 1. The van der Waals surface area contributed by atoms with Crippen LogP contribution in [0.15, 0.2) is 18.3 Å². The zero-order valence-electron chi connectivity index (χ0n) is 15.2. The van der Waals surface area contributed by atoms with Crippen LogP contribution in [-0.4, -0.2) is 62.5 Å². The smallest absolute Gasteiger partial charge is 0.326 e. The number of aliphatic carboxylic acids is 1. The van der Waals surface area contributed by atoms with E-state index in [-0.39, 0.29) is 24.8 Å². The summed E-state index contributed by atoms with van der Waals surface area (Å²) in [4.78, 5) is 23.4. The molecule has 0 saturated carbocycles. The summed E-state index contributed by atoms with van der Waals surface area (Å²) in [5.74, 6) is 0.227. The maximum Gasteiger partial charge on any atom is 0.326 e. The second-order valence-corrected chi connectivity index (χ2v) is 7.79. The van der Waals surface area contributed by atoms with Crippen LogP contribution in [0.5, 0.6) is 5.88 Å². The van der Waals surface area contributed by atoms with Gasteiger partial charge in [0.1, 0.15) is 17.5 Å². The number of hydrogen-bond acceptors (Lipinski definition) is 7. The number of aromatic nitrogens is 2. The van der Waals surface area contributed by atoms with E-state index >= 15 is 0 Å². The van der Waals surface area contributed by atoms with Gasteiger partial charge in [0.2, 0.25) is 5.88 Å². The molecule has 5 atom stereocenters. The standard InChI is InChI=1S/C19H22N4O4/c1-9-7-11-4-6-20-17-14(11)16(21-9)23-13(8-24)19(18(25)26)5-3-12(22-19)15(23)10(2)27-17/h4,6-7,10,12-13,15,22,24H,3,5,8H2,1-2H3,(H,25,26). The number of pyridine rings is 2. The number of aliphatic hydroxyl groups is 1. The Kier molecular flexibility index (Phi) is 3.42. The van der Waals surface area contributed by atoms with Crippen LogP contribution in [0.25, 0.3) is 10.8 Å². The highest BCUT2D eigenvalue weighted by Crippen LogP contribution is 2.46. The van der Waals surface area contributed by atoms with E-state index in [1.807, 2.05) is 30.9 Å². The average molecular weight is 370 g/mol. The molecule has 2 saturated heterocycles. The fraction of sp³-hybridized carbons (Fsp3) is 0.526. The lowest BCUT2D eigenvalue weighted by Gasteiger charge is -2.51. The van der Waals surface area contributed by atoms with Crippen LogP contribution in [-0.2, 0) is 4.79 Å². The molecule has 3 N–H and O–H groups in total. The highest BCUT2D eigenvalue weighted by molar-refractivity contribution is 5.97. The third-order valence-electron chi connectivity index (χ3n) is 6.33. The molecular formula is C19H22N4O4. The van der Waals surface area contributed by atoms with Crippen molar-refractivity contribution in [1.82, 2.24) is 15.3 Å². The van der Waals surface area contributed by atoms with Gasteiger partial charge >= 0.3 is 5.97 Å². The summed E-state index contributed by atoms with van der Waals surface area (Å²) in [5, 5.41) is 25.3. The number of anilines is 1. The largest absolute Gasteiger partial charge is 0.480 e. The van der Waals surface area contributed by atoms with Gasteiger partial charge in [-0.15, -0.1) is 0 Å². The number of aliphatic hydroxyl groups excluding tert-OH is 1. The Morgan fingerprint density at radius 3 is 3.07 bits per heavy atom. The molecule has 0 aromatic carbocycles. The van der Waals surface area contributed by atoms with Crippen LogP contribution >= 0.6 is 0 Å². The first kappa shape index (κ1) is 16.7. The molecule has 5 heterocycles. The second kappa shape index (κ2) is 5.53. The summed E-state index contributed by atoms with van der Waals surface area (Å²) in [7, 11) is 0. The zero-order chi connectivity index (χ0) is 18.9. The number of carboxylic acids is 1. The monoisotopic (exact) mass is 370 g/mol. The van der Waals surface area contributed by atoms with Crippen molar-refractivity contribution in [2.45, 2.75) is 56.5 Å². The number of carbonyl (C=O) groups is 1. The third-order valence-corrected chi connectivity index (χ3v) is 6.33. The van der Waals surface area contributed by atoms with Gasteiger partial charge in [0.15, 0.2) is 0 Å². The van der Waals surface area contributed by atoms with E-state index in [4.69, 9.17) is 9.72 Å². The minimum Gasteiger partial charge on any atom is -0.480 e. The Hall–Kier alpha value is -2.45. The van der Waals surface area contributed by atoms with Crippen molar-refractivity contribution >= 4 is 22.6 Å². The Bertz CT molecular complexity index is 951. The van der Waals surface area contributed by atoms with E-state index in [9.17, 15) is 15.0 Å². The number of nitrogens with one attached hydrogen (secondary N) is 1. The van der Waals surface area contributed by atoms with Gasteiger partial charge in [0.25, 0.3) is 0 Å². The van der Waals surface area contributed by atoms with Crippen molar-refractivity contribution in [3.8, 4) is 5.88 Å². The van der Waals surface area contributed by atoms with E-state index in [1.54, 1.807) is 6.20 Å². The maximum atomic E-state index is 12.2. The van der Waals surface area contributed by atoms with Gasteiger partial charge in [0, 0.05) is 17.9 Å². The van der Waals surface area contributed by atoms with Crippen molar-refractivity contribution in [3.05, 3.63) is 24.0 Å². The van der Waals surface area contributed by atoms with Crippen LogP contribution in [0.1, 0.15) is 25.5 Å². The summed E-state index contributed by atoms with van der Waals surface area (Å²) in [6.45, 7) is 3.60. The molecule has 8 nitrogen and oxygen atoms in total.